The van der Waals surface area contributed by atoms with Crippen LogP contribution in [0.2, 0.25) is 0 Å². The van der Waals surface area contributed by atoms with E-state index in [0.29, 0.717) is 19.4 Å². The molecule has 0 aliphatic carbocycles. The maximum atomic E-state index is 13.7. The van der Waals surface area contributed by atoms with Gasteiger partial charge in [0.1, 0.15) is 6.10 Å². The van der Waals surface area contributed by atoms with Crippen molar-refractivity contribution in [2.75, 3.05) is 22.6 Å². The number of anilines is 3. The molecule has 2 aromatic carbocycles. The first-order valence-electron chi connectivity index (χ1n) is 10.6. The van der Waals surface area contributed by atoms with Crippen LogP contribution in [0.4, 0.5) is 30.2 Å². The number of nitrogens with one attached hydrogen (secondary N) is 3. The summed E-state index contributed by atoms with van der Waals surface area (Å²) in [5.74, 6) is -1.84. The molecule has 182 valence electrons. The van der Waals surface area contributed by atoms with Crippen molar-refractivity contribution < 1.29 is 36.7 Å². The lowest BCUT2D eigenvalue weighted by atomic mass is 10.1. The highest BCUT2D eigenvalue weighted by Gasteiger charge is 2.35. The summed E-state index contributed by atoms with van der Waals surface area (Å²) in [5.41, 5.74) is -1.41. The summed E-state index contributed by atoms with van der Waals surface area (Å²) in [5, 5.41) is 7.22. The van der Waals surface area contributed by atoms with Crippen molar-refractivity contribution in [2.45, 2.75) is 25.1 Å². The number of hydrogen-bond acceptors (Lipinski definition) is 5. The van der Waals surface area contributed by atoms with E-state index in [9.17, 15) is 27.6 Å². The van der Waals surface area contributed by atoms with Crippen molar-refractivity contribution >= 4 is 34.8 Å². The van der Waals surface area contributed by atoms with Gasteiger partial charge in [-0.15, -0.1) is 0 Å². The molecule has 8 nitrogen and oxygen atoms in total. The van der Waals surface area contributed by atoms with E-state index in [-0.39, 0.29) is 22.7 Å². The highest BCUT2D eigenvalue weighted by Crippen LogP contribution is 2.37. The third-order valence-electron chi connectivity index (χ3n) is 5.19. The molecular formula is C24H20F3N3O5. The van der Waals surface area contributed by atoms with Crippen LogP contribution in [0.15, 0.2) is 65.3 Å². The number of furan rings is 1. The first-order valence-corrected chi connectivity index (χ1v) is 10.6. The van der Waals surface area contributed by atoms with E-state index in [1.165, 1.54) is 48.7 Å². The van der Waals surface area contributed by atoms with E-state index in [1.54, 1.807) is 0 Å². The Morgan fingerprint density at radius 2 is 1.69 bits per heavy atom. The Morgan fingerprint density at radius 3 is 2.37 bits per heavy atom. The Bertz CT molecular complexity index is 1240. The van der Waals surface area contributed by atoms with Gasteiger partial charge in [-0.25, -0.2) is 0 Å². The van der Waals surface area contributed by atoms with Crippen molar-refractivity contribution in [2.24, 2.45) is 0 Å². The third kappa shape index (κ3) is 5.87. The number of ether oxygens (including phenoxy) is 1. The van der Waals surface area contributed by atoms with Crippen LogP contribution in [-0.4, -0.2) is 30.4 Å². The largest absolute Gasteiger partial charge is 0.459 e. The molecule has 1 aromatic heterocycles. The molecule has 35 heavy (non-hydrogen) atoms. The summed E-state index contributed by atoms with van der Waals surface area (Å²) in [4.78, 5) is 37.0. The average molecular weight is 487 g/mol. The molecule has 11 heteroatoms. The first-order chi connectivity index (χ1) is 16.7. The minimum absolute atomic E-state index is 0.0196. The molecule has 3 aromatic rings. The fourth-order valence-corrected chi connectivity index (χ4v) is 3.51. The number of hydrogen-bond donors (Lipinski definition) is 3. The summed E-state index contributed by atoms with van der Waals surface area (Å²) >= 11 is 0. The fourth-order valence-electron chi connectivity index (χ4n) is 3.51. The maximum Gasteiger partial charge on any atom is 0.418 e. The lowest BCUT2D eigenvalue weighted by Crippen LogP contribution is -2.27. The number of alkyl halides is 3. The smallest absolute Gasteiger partial charge is 0.418 e. The summed E-state index contributed by atoms with van der Waals surface area (Å²) in [6.45, 7) is 0.421. The van der Waals surface area contributed by atoms with Crippen LogP contribution in [0, 0.1) is 0 Å². The van der Waals surface area contributed by atoms with Crippen LogP contribution in [0.1, 0.15) is 39.3 Å². The molecule has 0 saturated carbocycles. The van der Waals surface area contributed by atoms with Crippen LogP contribution < -0.4 is 16.0 Å². The Kier molecular flexibility index (Phi) is 6.87. The van der Waals surface area contributed by atoms with E-state index in [4.69, 9.17) is 9.15 Å². The standard InChI is InChI=1S/C24H20F3N3O5/c25-24(26,27)17-13-16(29-23(33)20-7-3-11-35-20)8-9-18(17)30-21(31)14-4-1-5-15(12-14)28-22(32)19-6-2-10-34-19/h1-2,4-6,8-10,12-13,20H,3,7,11H2,(H,28,32)(H,29,33)(H,30,31). The van der Waals surface area contributed by atoms with E-state index < -0.39 is 41.3 Å². The van der Waals surface area contributed by atoms with Crippen molar-refractivity contribution in [3.63, 3.8) is 0 Å². The van der Waals surface area contributed by atoms with Crippen molar-refractivity contribution in [3.05, 3.63) is 77.7 Å². The van der Waals surface area contributed by atoms with E-state index in [0.717, 1.165) is 12.1 Å². The quantitative estimate of drug-likeness (QED) is 0.457. The molecule has 0 spiro atoms. The predicted molar refractivity (Wildman–Crippen MR) is 120 cm³/mol. The molecule has 3 amide bonds. The number of carbonyl (C=O) groups excluding carboxylic acids is 3. The number of carbonyl (C=O) groups is 3. The Labute approximate surface area is 197 Å². The molecule has 4 rings (SSSR count). The summed E-state index contributed by atoms with van der Waals surface area (Å²) in [7, 11) is 0. The van der Waals surface area contributed by atoms with Gasteiger partial charge in [0.2, 0.25) is 0 Å². The SMILES string of the molecule is O=C(Nc1ccc(NC(=O)C2CCCO2)cc1C(F)(F)F)c1cccc(NC(=O)c2ccco2)c1. The summed E-state index contributed by atoms with van der Waals surface area (Å²) < 4.78 is 51.4. The molecule has 2 heterocycles. The normalized spacial score (nSPS) is 15.5. The van der Waals surface area contributed by atoms with Gasteiger partial charge in [0.15, 0.2) is 5.76 Å². The van der Waals surface area contributed by atoms with E-state index in [1.807, 2.05) is 0 Å². The Balaban J connectivity index is 1.50. The lowest BCUT2D eigenvalue weighted by Gasteiger charge is -2.17. The Hall–Kier alpha value is -4.12. The number of amides is 3. The van der Waals surface area contributed by atoms with Crippen molar-refractivity contribution in [1.82, 2.24) is 0 Å². The summed E-state index contributed by atoms with van der Waals surface area (Å²) in [6, 6.07) is 11.8. The van der Waals surface area contributed by atoms with E-state index >= 15 is 0 Å². The first kappa shape index (κ1) is 24.0. The van der Waals surface area contributed by atoms with Gasteiger partial charge in [-0.3, -0.25) is 14.4 Å². The van der Waals surface area contributed by atoms with E-state index in [2.05, 4.69) is 16.0 Å². The molecule has 1 fully saturated rings. The monoisotopic (exact) mass is 487 g/mol. The molecule has 1 unspecified atom stereocenters. The van der Waals surface area contributed by atoms with Gasteiger partial charge in [0.05, 0.1) is 17.5 Å². The minimum atomic E-state index is -4.80. The predicted octanol–water partition coefficient (Wildman–Crippen LogP) is 4.92. The molecule has 0 bridgehead atoms. The van der Waals surface area contributed by atoms with Crippen molar-refractivity contribution in [1.29, 1.82) is 0 Å². The van der Waals surface area contributed by atoms with Gasteiger partial charge in [-0.2, -0.15) is 13.2 Å². The molecular weight excluding hydrogens is 467 g/mol. The van der Waals surface area contributed by atoms with Gasteiger partial charge in [0.25, 0.3) is 17.7 Å². The number of benzene rings is 2. The highest BCUT2D eigenvalue weighted by molar-refractivity contribution is 6.07. The van der Waals surface area contributed by atoms with Gasteiger partial charge in [-0.1, -0.05) is 6.07 Å². The number of rotatable bonds is 6. The highest BCUT2D eigenvalue weighted by atomic mass is 19.4. The topological polar surface area (TPSA) is 110 Å². The number of halogens is 3. The zero-order chi connectivity index (χ0) is 25.0. The van der Waals surface area contributed by atoms with Crippen LogP contribution in [0.5, 0.6) is 0 Å². The summed E-state index contributed by atoms with van der Waals surface area (Å²) in [6.07, 6.45) is -2.98. The molecule has 3 N–H and O–H groups in total. The average Bonchev–Trinajstić information content (AvgIpc) is 3.54. The molecule has 0 radical (unpaired) electrons. The zero-order valence-corrected chi connectivity index (χ0v) is 18.1. The van der Waals surface area contributed by atoms with Gasteiger partial charge < -0.3 is 25.1 Å². The zero-order valence-electron chi connectivity index (χ0n) is 18.1. The van der Waals surface area contributed by atoms with Crippen molar-refractivity contribution in [3.8, 4) is 0 Å². The Morgan fingerprint density at radius 1 is 0.886 bits per heavy atom. The van der Waals surface area contributed by atoms with Gasteiger partial charge in [0, 0.05) is 23.5 Å². The minimum Gasteiger partial charge on any atom is -0.459 e. The third-order valence-corrected chi connectivity index (χ3v) is 5.19. The second kappa shape index (κ2) is 10.0. The van der Waals surface area contributed by atoms with Crippen LogP contribution in [0.3, 0.4) is 0 Å². The molecule has 1 aliphatic heterocycles. The second-order valence-electron chi connectivity index (χ2n) is 7.72. The van der Waals surface area contributed by atoms with Gasteiger partial charge in [-0.05, 0) is 61.4 Å². The van der Waals surface area contributed by atoms with Gasteiger partial charge >= 0.3 is 6.18 Å². The second-order valence-corrected chi connectivity index (χ2v) is 7.72. The van der Waals surface area contributed by atoms with Crippen LogP contribution >= 0.6 is 0 Å². The van der Waals surface area contributed by atoms with Crippen LogP contribution in [0.25, 0.3) is 0 Å². The fraction of sp³-hybridized carbons (Fsp3) is 0.208. The molecule has 1 aliphatic rings. The molecule has 1 atom stereocenters. The lowest BCUT2D eigenvalue weighted by molar-refractivity contribution is -0.137. The van der Waals surface area contributed by atoms with Crippen LogP contribution in [-0.2, 0) is 15.7 Å². The molecule has 1 saturated heterocycles. The maximum absolute atomic E-state index is 13.7.